The first-order valence-electron chi connectivity index (χ1n) is 8.08. The third-order valence-electron chi connectivity index (χ3n) is 4.26. The molecule has 2 aromatic heterocycles. The van der Waals surface area contributed by atoms with Gasteiger partial charge in [-0.25, -0.2) is 15.0 Å². The van der Waals surface area contributed by atoms with Crippen LogP contribution in [0, 0.1) is 0 Å². The fourth-order valence-electron chi connectivity index (χ4n) is 3.04. The van der Waals surface area contributed by atoms with E-state index in [1.165, 1.54) is 24.9 Å². The first kappa shape index (κ1) is 13.9. The molecule has 0 spiro atoms. The second-order valence-electron chi connectivity index (χ2n) is 5.82. The monoisotopic (exact) mass is 305 g/mol. The summed E-state index contributed by atoms with van der Waals surface area (Å²) in [7, 11) is 0. The molecule has 1 aliphatic rings. The van der Waals surface area contributed by atoms with Crippen LogP contribution in [0.5, 0.6) is 0 Å². The van der Waals surface area contributed by atoms with Gasteiger partial charge in [-0.3, -0.25) is 0 Å². The summed E-state index contributed by atoms with van der Waals surface area (Å²) >= 11 is 0. The molecule has 23 heavy (non-hydrogen) atoms. The molecule has 0 aliphatic carbocycles. The van der Waals surface area contributed by atoms with Crippen molar-refractivity contribution in [2.24, 2.45) is 0 Å². The summed E-state index contributed by atoms with van der Waals surface area (Å²) in [6.07, 6.45) is 7.22. The Morgan fingerprint density at radius 3 is 2.52 bits per heavy atom. The van der Waals surface area contributed by atoms with Crippen molar-refractivity contribution in [2.45, 2.75) is 19.3 Å². The zero-order valence-electron chi connectivity index (χ0n) is 12.9. The highest BCUT2D eigenvalue weighted by Gasteiger charge is 2.11. The number of piperidine rings is 1. The maximum Gasteiger partial charge on any atom is 0.164 e. The Morgan fingerprint density at radius 1 is 0.870 bits per heavy atom. The highest BCUT2D eigenvalue weighted by Crippen LogP contribution is 2.25. The molecule has 0 atom stereocenters. The van der Waals surface area contributed by atoms with Gasteiger partial charge in [0, 0.05) is 30.7 Å². The Labute approximate surface area is 135 Å². The number of hydrogen-bond acceptors (Lipinski definition) is 5. The van der Waals surface area contributed by atoms with E-state index in [0.717, 1.165) is 30.0 Å². The Morgan fingerprint density at radius 2 is 1.70 bits per heavy atom. The van der Waals surface area contributed by atoms with E-state index in [1.807, 2.05) is 12.1 Å². The Hall–Kier alpha value is -2.69. The van der Waals surface area contributed by atoms with Gasteiger partial charge in [-0.2, -0.15) is 0 Å². The lowest BCUT2D eigenvalue weighted by Crippen LogP contribution is -2.29. The van der Waals surface area contributed by atoms with Crippen molar-refractivity contribution < 1.29 is 0 Å². The SMILES string of the molecule is c1cnc2ncnc(Nc3ccc(N4CCCCC4)cc3)c2c1. The predicted octanol–water partition coefficient (Wildman–Crippen LogP) is 3.76. The lowest BCUT2D eigenvalue weighted by atomic mass is 10.1. The maximum absolute atomic E-state index is 4.34. The van der Waals surface area contributed by atoms with E-state index in [9.17, 15) is 0 Å². The largest absolute Gasteiger partial charge is 0.372 e. The van der Waals surface area contributed by atoms with Gasteiger partial charge in [-0.15, -0.1) is 0 Å². The lowest BCUT2D eigenvalue weighted by molar-refractivity contribution is 0.578. The minimum atomic E-state index is 0.704. The summed E-state index contributed by atoms with van der Waals surface area (Å²) in [5.74, 6) is 0.786. The van der Waals surface area contributed by atoms with Gasteiger partial charge in [0.1, 0.15) is 12.1 Å². The van der Waals surface area contributed by atoms with Crippen molar-refractivity contribution in [1.29, 1.82) is 0 Å². The molecule has 0 unspecified atom stereocenters. The molecule has 1 saturated heterocycles. The van der Waals surface area contributed by atoms with Gasteiger partial charge < -0.3 is 10.2 Å². The Bertz CT molecular complexity index is 789. The van der Waals surface area contributed by atoms with Crippen LogP contribution in [0.3, 0.4) is 0 Å². The van der Waals surface area contributed by atoms with Crippen LogP contribution < -0.4 is 10.2 Å². The van der Waals surface area contributed by atoms with Gasteiger partial charge in [-0.05, 0) is 55.7 Å². The number of nitrogens with one attached hydrogen (secondary N) is 1. The van der Waals surface area contributed by atoms with Crippen LogP contribution in [-0.2, 0) is 0 Å². The van der Waals surface area contributed by atoms with Crippen LogP contribution in [0.2, 0.25) is 0 Å². The fraction of sp³-hybridized carbons (Fsp3) is 0.278. The lowest BCUT2D eigenvalue weighted by Gasteiger charge is -2.28. The Balaban J connectivity index is 1.56. The second-order valence-corrected chi connectivity index (χ2v) is 5.82. The van der Waals surface area contributed by atoms with Crippen LogP contribution in [0.15, 0.2) is 48.9 Å². The summed E-state index contributed by atoms with van der Waals surface area (Å²) in [5.41, 5.74) is 3.02. The van der Waals surface area contributed by atoms with Gasteiger partial charge >= 0.3 is 0 Å². The minimum Gasteiger partial charge on any atom is -0.372 e. The van der Waals surface area contributed by atoms with Gasteiger partial charge in [0.05, 0.1) is 5.39 Å². The molecule has 116 valence electrons. The van der Waals surface area contributed by atoms with Gasteiger partial charge in [-0.1, -0.05) is 0 Å². The van der Waals surface area contributed by atoms with E-state index in [2.05, 4.69) is 49.4 Å². The van der Waals surface area contributed by atoms with Crippen molar-refractivity contribution in [1.82, 2.24) is 15.0 Å². The zero-order valence-corrected chi connectivity index (χ0v) is 12.9. The molecular weight excluding hydrogens is 286 g/mol. The molecule has 5 nitrogen and oxygen atoms in total. The van der Waals surface area contributed by atoms with E-state index in [4.69, 9.17) is 0 Å². The van der Waals surface area contributed by atoms with E-state index in [0.29, 0.717) is 5.65 Å². The van der Waals surface area contributed by atoms with Crippen molar-refractivity contribution in [3.8, 4) is 0 Å². The quantitative estimate of drug-likeness (QED) is 0.798. The average Bonchev–Trinajstić information content (AvgIpc) is 2.63. The summed E-state index contributed by atoms with van der Waals surface area (Å²) in [6, 6.07) is 12.4. The molecule has 0 amide bonds. The zero-order chi connectivity index (χ0) is 15.5. The number of anilines is 3. The number of fused-ring (bicyclic) bond motifs is 1. The summed E-state index contributed by atoms with van der Waals surface area (Å²) in [6.45, 7) is 2.32. The summed E-state index contributed by atoms with van der Waals surface area (Å²) < 4.78 is 0. The first-order valence-corrected chi connectivity index (χ1v) is 8.08. The molecule has 5 heteroatoms. The predicted molar refractivity (Wildman–Crippen MR) is 93.1 cm³/mol. The number of benzene rings is 1. The van der Waals surface area contributed by atoms with Crippen LogP contribution >= 0.6 is 0 Å². The second kappa shape index (κ2) is 6.20. The molecule has 4 rings (SSSR count). The van der Waals surface area contributed by atoms with E-state index >= 15 is 0 Å². The molecule has 1 fully saturated rings. The number of rotatable bonds is 3. The van der Waals surface area contributed by atoms with Crippen LogP contribution in [0.4, 0.5) is 17.2 Å². The van der Waals surface area contributed by atoms with Gasteiger partial charge in [0.2, 0.25) is 0 Å². The average molecular weight is 305 g/mol. The maximum atomic E-state index is 4.34. The molecule has 0 bridgehead atoms. The van der Waals surface area contributed by atoms with Crippen molar-refractivity contribution >= 4 is 28.2 Å². The molecule has 1 aromatic carbocycles. The number of aromatic nitrogens is 3. The van der Waals surface area contributed by atoms with E-state index in [1.54, 1.807) is 12.5 Å². The van der Waals surface area contributed by atoms with Gasteiger partial charge in [0.25, 0.3) is 0 Å². The van der Waals surface area contributed by atoms with Crippen LogP contribution in [0.25, 0.3) is 11.0 Å². The highest BCUT2D eigenvalue weighted by atomic mass is 15.1. The Kier molecular flexibility index (Phi) is 3.76. The van der Waals surface area contributed by atoms with Crippen LogP contribution in [-0.4, -0.2) is 28.0 Å². The minimum absolute atomic E-state index is 0.704. The van der Waals surface area contributed by atoms with Crippen molar-refractivity contribution in [3.05, 3.63) is 48.9 Å². The van der Waals surface area contributed by atoms with Crippen LogP contribution in [0.1, 0.15) is 19.3 Å². The normalized spacial score (nSPS) is 14.9. The van der Waals surface area contributed by atoms with Gasteiger partial charge in [0.15, 0.2) is 5.65 Å². The summed E-state index contributed by atoms with van der Waals surface area (Å²) in [5, 5.41) is 4.29. The molecule has 0 saturated carbocycles. The standard InChI is InChI=1S/C18H19N5/c1-2-11-23(12-3-1)15-8-6-14(7-9-15)22-18-16-5-4-10-19-17(16)20-13-21-18/h4-10,13H,1-3,11-12H2,(H,19,20,21,22). The van der Waals surface area contributed by atoms with E-state index in [-0.39, 0.29) is 0 Å². The number of nitrogens with zero attached hydrogens (tertiary/aromatic N) is 4. The molecule has 3 aromatic rings. The van der Waals surface area contributed by atoms with E-state index < -0.39 is 0 Å². The first-order chi connectivity index (χ1) is 11.4. The van der Waals surface area contributed by atoms with Crippen molar-refractivity contribution in [3.63, 3.8) is 0 Å². The molecule has 1 N–H and O–H groups in total. The number of pyridine rings is 1. The number of hydrogen-bond donors (Lipinski definition) is 1. The topological polar surface area (TPSA) is 53.9 Å². The third kappa shape index (κ3) is 2.95. The smallest absolute Gasteiger partial charge is 0.164 e. The third-order valence-corrected chi connectivity index (χ3v) is 4.26. The molecular formula is C18H19N5. The molecule has 3 heterocycles. The fourth-order valence-corrected chi connectivity index (χ4v) is 3.04. The molecule has 0 radical (unpaired) electrons. The summed E-state index contributed by atoms with van der Waals surface area (Å²) in [4.78, 5) is 15.2. The van der Waals surface area contributed by atoms with Crippen molar-refractivity contribution in [2.75, 3.05) is 23.3 Å². The highest BCUT2D eigenvalue weighted by molar-refractivity contribution is 5.88. The molecule has 1 aliphatic heterocycles.